The Morgan fingerprint density at radius 3 is 2.60 bits per heavy atom. The largest absolute Gasteiger partial charge is 0.338 e. The topological polar surface area (TPSA) is 41.1 Å². The van der Waals surface area contributed by atoms with Crippen molar-refractivity contribution in [2.45, 2.75) is 6.42 Å². The lowest BCUT2D eigenvalue weighted by Gasteiger charge is -2.08. The van der Waals surface area contributed by atoms with E-state index in [-0.39, 0.29) is 11.8 Å². The third-order valence-electron chi connectivity index (χ3n) is 2.69. The highest BCUT2D eigenvalue weighted by molar-refractivity contribution is 6.30. The normalized spacial score (nSPS) is 10.1. The number of hydrogen-bond acceptors (Lipinski definition) is 1. The molecule has 0 atom stereocenters. The van der Waals surface area contributed by atoms with Crippen LogP contribution in [0.2, 0.25) is 5.02 Å². The van der Waals surface area contributed by atoms with Gasteiger partial charge in [-0.1, -0.05) is 29.8 Å². The summed E-state index contributed by atoms with van der Waals surface area (Å²) in [4.78, 5) is 11.6. The average Bonchev–Trinajstić information content (AvgIpc) is 2.41. The second kappa shape index (κ2) is 6.91. The van der Waals surface area contributed by atoms with Crippen molar-refractivity contribution >= 4 is 23.3 Å². The number of benzene rings is 2. The molecule has 20 heavy (non-hydrogen) atoms. The van der Waals surface area contributed by atoms with Crippen molar-refractivity contribution in [1.82, 2.24) is 5.32 Å². The second-order valence-corrected chi connectivity index (χ2v) is 4.70. The Morgan fingerprint density at radius 1 is 1.15 bits per heavy atom. The third kappa shape index (κ3) is 4.55. The van der Waals surface area contributed by atoms with Gasteiger partial charge in [0.15, 0.2) is 0 Å². The number of anilines is 1. The zero-order valence-electron chi connectivity index (χ0n) is 10.7. The third-order valence-corrected chi connectivity index (χ3v) is 2.93. The van der Waals surface area contributed by atoms with Crippen LogP contribution in [0.5, 0.6) is 0 Å². The van der Waals surface area contributed by atoms with E-state index in [1.165, 1.54) is 12.1 Å². The number of amides is 2. The molecule has 2 aromatic carbocycles. The molecule has 0 aliphatic rings. The number of halogens is 2. The Balaban J connectivity index is 1.76. The van der Waals surface area contributed by atoms with E-state index in [2.05, 4.69) is 10.6 Å². The molecule has 0 saturated heterocycles. The molecule has 0 fully saturated rings. The van der Waals surface area contributed by atoms with E-state index in [9.17, 15) is 9.18 Å². The van der Waals surface area contributed by atoms with Gasteiger partial charge in [-0.05, 0) is 42.3 Å². The standard InChI is InChI=1S/C15H14ClFN2O/c16-12-2-1-3-14(10-12)19-15(20)18-9-8-11-4-6-13(17)7-5-11/h1-7,10H,8-9H2,(H2,18,19,20). The van der Waals surface area contributed by atoms with Crippen molar-refractivity contribution in [3.05, 3.63) is 64.9 Å². The van der Waals surface area contributed by atoms with E-state index in [1.807, 2.05) is 0 Å². The Kier molecular flexibility index (Phi) is 4.96. The van der Waals surface area contributed by atoms with Crippen LogP contribution in [-0.4, -0.2) is 12.6 Å². The molecule has 3 nitrogen and oxygen atoms in total. The minimum Gasteiger partial charge on any atom is -0.338 e. The lowest BCUT2D eigenvalue weighted by molar-refractivity contribution is 0.252. The van der Waals surface area contributed by atoms with E-state index >= 15 is 0 Å². The van der Waals surface area contributed by atoms with Crippen LogP contribution < -0.4 is 10.6 Å². The van der Waals surface area contributed by atoms with Crippen LogP contribution in [0.4, 0.5) is 14.9 Å². The summed E-state index contributed by atoms with van der Waals surface area (Å²) < 4.78 is 12.7. The van der Waals surface area contributed by atoms with Crippen LogP contribution in [0.1, 0.15) is 5.56 Å². The first-order valence-corrected chi connectivity index (χ1v) is 6.56. The maximum Gasteiger partial charge on any atom is 0.319 e. The molecule has 104 valence electrons. The molecule has 0 saturated carbocycles. The summed E-state index contributed by atoms with van der Waals surface area (Å²) >= 11 is 5.82. The summed E-state index contributed by atoms with van der Waals surface area (Å²) in [5.74, 6) is -0.264. The van der Waals surface area contributed by atoms with Crippen molar-refractivity contribution in [3.8, 4) is 0 Å². The number of carbonyl (C=O) groups excluding carboxylic acids is 1. The maximum atomic E-state index is 12.7. The Labute approximate surface area is 121 Å². The van der Waals surface area contributed by atoms with Crippen LogP contribution in [0, 0.1) is 5.82 Å². The van der Waals surface area contributed by atoms with Gasteiger partial charge in [-0.2, -0.15) is 0 Å². The van der Waals surface area contributed by atoms with E-state index in [4.69, 9.17) is 11.6 Å². The van der Waals surface area contributed by atoms with Gasteiger partial charge >= 0.3 is 6.03 Å². The average molecular weight is 293 g/mol. The van der Waals surface area contributed by atoms with E-state index < -0.39 is 0 Å². The number of carbonyl (C=O) groups is 1. The lowest BCUT2D eigenvalue weighted by Crippen LogP contribution is -2.30. The van der Waals surface area contributed by atoms with Crippen LogP contribution >= 0.6 is 11.6 Å². The molecule has 2 N–H and O–H groups in total. The molecule has 0 bridgehead atoms. The molecule has 0 spiro atoms. The molecule has 0 radical (unpaired) electrons. The fourth-order valence-corrected chi connectivity index (χ4v) is 1.90. The van der Waals surface area contributed by atoms with Gasteiger partial charge in [-0.25, -0.2) is 9.18 Å². The van der Waals surface area contributed by atoms with Crippen LogP contribution in [0.25, 0.3) is 0 Å². The number of nitrogens with one attached hydrogen (secondary N) is 2. The van der Waals surface area contributed by atoms with Crippen LogP contribution in [-0.2, 0) is 6.42 Å². The molecular weight excluding hydrogens is 279 g/mol. The Hall–Kier alpha value is -2.07. The molecule has 2 aromatic rings. The fourth-order valence-electron chi connectivity index (χ4n) is 1.71. The zero-order chi connectivity index (χ0) is 14.4. The zero-order valence-corrected chi connectivity index (χ0v) is 11.5. The first-order chi connectivity index (χ1) is 9.63. The Morgan fingerprint density at radius 2 is 1.90 bits per heavy atom. The van der Waals surface area contributed by atoms with Crippen molar-refractivity contribution in [2.75, 3.05) is 11.9 Å². The van der Waals surface area contributed by atoms with Gasteiger partial charge in [0.25, 0.3) is 0 Å². The molecule has 2 rings (SSSR count). The van der Waals surface area contributed by atoms with Crippen LogP contribution in [0.15, 0.2) is 48.5 Å². The van der Waals surface area contributed by atoms with Gasteiger partial charge < -0.3 is 10.6 Å². The maximum absolute atomic E-state index is 12.7. The molecule has 0 heterocycles. The first-order valence-electron chi connectivity index (χ1n) is 6.18. The monoisotopic (exact) mass is 292 g/mol. The van der Waals surface area contributed by atoms with E-state index in [0.717, 1.165) is 5.56 Å². The minimum absolute atomic E-state index is 0.264. The highest BCUT2D eigenvalue weighted by atomic mass is 35.5. The van der Waals surface area contributed by atoms with Crippen molar-refractivity contribution < 1.29 is 9.18 Å². The Bertz CT molecular complexity index is 587. The quantitative estimate of drug-likeness (QED) is 0.883. The molecular formula is C15H14ClFN2O. The van der Waals surface area contributed by atoms with Crippen molar-refractivity contribution in [1.29, 1.82) is 0 Å². The van der Waals surface area contributed by atoms with E-state index in [1.54, 1.807) is 36.4 Å². The molecule has 0 unspecified atom stereocenters. The summed E-state index contributed by atoms with van der Waals surface area (Å²) in [5, 5.41) is 5.97. The van der Waals surface area contributed by atoms with E-state index in [0.29, 0.717) is 23.7 Å². The van der Waals surface area contributed by atoms with Gasteiger partial charge in [0, 0.05) is 17.3 Å². The second-order valence-electron chi connectivity index (χ2n) is 4.27. The van der Waals surface area contributed by atoms with Gasteiger partial charge in [0.1, 0.15) is 5.82 Å². The lowest BCUT2D eigenvalue weighted by atomic mass is 10.1. The highest BCUT2D eigenvalue weighted by Gasteiger charge is 2.01. The summed E-state index contributed by atoms with van der Waals surface area (Å²) in [6.45, 7) is 0.470. The van der Waals surface area contributed by atoms with Gasteiger partial charge in [0.2, 0.25) is 0 Å². The summed E-state index contributed by atoms with van der Waals surface area (Å²) in [7, 11) is 0. The van der Waals surface area contributed by atoms with Crippen molar-refractivity contribution in [2.24, 2.45) is 0 Å². The first kappa shape index (κ1) is 14.3. The van der Waals surface area contributed by atoms with Crippen molar-refractivity contribution in [3.63, 3.8) is 0 Å². The molecule has 0 aliphatic heterocycles. The predicted molar refractivity (Wildman–Crippen MR) is 78.6 cm³/mol. The minimum atomic E-state index is -0.297. The number of urea groups is 1. The molecule has 0 aromatic heterocycles. The summed E-state index contributed by atoms with van der Waals surface area (Å²) in [6, 6.07) is 12.8. The molecule has 2 amide bonds. The summed E-state index contributed by atoms with van der Waals surface area (Å²) in [5.41, 5.74) is 1.60. The highest BCUT2D eigenvalue weighted by Crippen LogP contribution is 2.14. The van der Waals surface area contributed by atoms with Gasteiger partial charge in [-0.15, -0.1) is 0 Å². The SMILES string of the molecule is O=C(NCCc1ccc(F)cc1)Nc1cccc(Cl)c1. The number of rotatable bonds is 4. The van der Waals surface area contributed by atoms with Gasteiger partial charge in [-0.3, -0.25) is 0 Å². The van der Waals surface area contributed by atoms with Gasteiger partial charge in [0.05, 0.1) is 0 Å². The summed E-state index contributed by atoms with van der Waals surface area (Å²) in [6.07, 6.45) is 0.642. The number of hydrogen-bond donors (Lipinski definition) is 2. The van der Waals surface area contributed by atoms with Crippen LogP contribution in [0.3, 0.4) is 0 Å². The molecule has 0 aliphatic carbocycles. The fraction of sp³-hybridized carbons (Fsp3) is 0.133. The predicted octanol–water partition coefficient (Wildman–Crippen LogP) is 3.84. The molecule has 5 heteroatoms. The smallest absolute Gasteiger partial charge is 0.319 e.